The summed E-state index contributed by atoms with van der Waals surface area (Å²) in [4.78, 5) is 11.9. The molecule has 0 aliphatic carbocycles. The van der Waals surface area contributed by atoms with Crippen LogP contribution in [0.25, 0.3) is 0 Å². The first-order chi connectivity index (χ1) is 10.2. The summed E-state index contributed by atoms with van der Waals surface area (Å²) in [6.07, 6.45) is 0. The quantitative estimate of drug-likeness (QED) is 0.827. The van der Waals surface area contributed by atoms with Crippen LogP contribution in [0.5, 0.6) is 0 Å². The molecule has 0 heterocycles. The fourth-order valence-electron chi connectivity index (χ4n) is 1.91. The topological polar surface area (TPSA) is 64.9 Å². The number of benzene rings is 2. The Labute approximate surface area is 124 Å². The second-order valence-electron chi connectivity index (χ2n) is 4.71. The second kappa shape index (κ2) is 7.11. The van der Waals surface area contributed by atoms with Crippen molar-refractivity contribution in [1.29, 1.82) is 5.26 Å². The van der Waals surface area contributed by atoms with Crippen LogP contribution in [0, 0.1) is 18.3 Å². The van der Waals surface area contributed by atoms with Crippen LogP contribution < -0.4 is 10.6 Å². The van der Waals surface area contributed by atoms with E-state index < -0.39 is 0 Å². The number of hydrogen-bond acceptors (Lipinski definition) is 3. The van der Waals surface area contributed by atoms with E-state index in [9.17, 15) is 4.79 Å². The molecule has 0 atom stereocenters. The Bertz CT molecular complexity index is 656. The number of carbonyl (C=O) groups excluding carboxylic acids is 1. The molecule has 2 N–H and O–H groups in total. The molecule has 0 saturated carbocycles. The monoisotopic (exact) mass is 279 g/mol. The van der Waals surface area contributed by atoms with Gasteiger partial charge in [0.2, 0.25) is 0 Å². The molecule has 2 aromatic rings. The van der Waals surface area contributed by atoms with Crippen molar-refractivity contribution in [2.24, 2.45) is 0 Å². The second-order valence-corrected chi connectivity index (χ2v) is 4.71. The van der Waals surface area contributed by atoms with Gasteiger partial charge in [-0.1, -0.05) is 29.8 Å². The third-order valence-electron chi connectivity index (χ3n) is 3.09. The molecule has 0 aliphatic rings. The molecule has 106 valence electrons. The molecule has 0 unspecified atom stereocenters. The van der Waals surface area contributed by atoms with Crippen LogP contribution in [0.3, 0.4) is 0 Å². The fourth-order valence-corrected chi connectivity index (χ4v) is 1.91. The van der Waals surface area contributed by atoms with E-state index in [1.807, 2.05) is 49.4 Å². The van der Waals surface area contributed by atoms with Crippen molar-refractivity contribution >= 4 is 11.6 Å². The van der Waals surface area contributed by atoms with Crippen molar-refractivity contribution < 1.29 is 4.79 Å². The highest BCUT2D eigenvalue weighted by Crippen LogP contribution is 2.12. The van der Waals surface area contributed by atoms with Crippen molar-refractivity contribution in [3.63, 3.8) is 0 Å². The van der Waals surface area contributed by atoms with E-state index in [-0.39, 0.29) is 5.91 Å². The number of anilines is 1. The number of rotatable bonds is 5. The molecule has 0 aromatic heterocycles. The first-order valence-electron chi connectivity index (χ1n) is 6.78. The largest absolute Gasteiger partial charge is 0.382 e. The highest BCUT2D eigenvalue weighted by atomic mass is 16.1. The SMILES string of the molecule is Cc1ccc(C(=O)NCCNc2ccccc2C#N)cc1. The lowest BCUT2D eigenvalue weighted by atomic mass is 10.1. The van der Waals surface area contributed by atoms with Gasteiger partial charge in [0.15, 0.2) is 0 Å². The Morgan fingerprint density at radius 1 is 1.10 bits per heavy atom. The number of hydrogen-bond donors (Lipinski definition) is 2. The maximum atomic E-state index is 11.9. The van der Waals surface area contributed by atoms with Gasteiger partial charge in [-0.25, -0.2) is 0 Å². The summed E-state index contributed by atoms with van der Waals surface area (Å²) in [5.41, 5.74) is 3.16. The molecular weight excluding hydrogens is 262 g/mol. The maximum absolute atomic E-state index is 11.9. The molecule has 0 spiro atoms. The average molecular weight is 279 g/mol. The Morgan fingerprint density at radius 3 is 2.52 bits per heavy atom. The molecule has 2 aromatic carbocycles. The number of para-hydroxylation sites is 1. The van der Waals surface area contributed by atoms with Gasteiger partial charge in [-0.15, -0.1) is 0 Å². The summed E-state index contributed by atoms with van der Waals surface area (Å²) in [6.45, 7) is 3.04. The molecule has 2 rings (SSSR count). The molecule has 0 saturated heterocycles. The minimum Gasteiger partial charge on any atom is -0.382 e. The summed E-state index contributed by atoms with van der Waals surface area (Å²) in [7, 11) is 0. The molecule has 0 bridgehead atoms. The first kappa shape index (κ1) is 14.6. The van der Waals surface area contributed by atoms with Crippen LogP contribution in [0.1, 0.15) is 21.5 Å². The molecular formula is C17H17N3O. The number of aryl methyl sites for hydroxylation is 1. The minimum absolute atomic E-state index is 0.0923. The molecule has 1 amide bonds. The van der Waals surface area contributed by atoms with Gasteiger partial charge in [-0.3, -0.25) is 4.79 Å². The van der Waals surface area contributed by atoms with E-state index in [2.05, 4.69) is 16.7 Å². The predicted octanol–water partition coefficient (Wildman–Crippen LogP) is 2.71. The van der Waals surface area contributed by atoms with E-state index in [4.69, 9.17) is 5.26 Å². The van der Waals surface area contributed by atoms with E-state index in [0.29, 0.717) is 24.2 Å². The highest BCUT2D eigenvalue weighted by molar-refractivity contribution is 5.94. The Morgan fingerprint density at radius 2 is 1.81 bits per heavy atom. The number of nitrogens with one attached hydrogen (secondary N) is 2. The first-order valence-corrected chi connectivity index (χ1v) is 6.78. The lowest BCUT2D eigenvalue weighted by Crippen LogP contribution is -2.28. The maximum Gasteiger partial charge on any atom is 0.251 e. The summed E-state index contributed by atoms with van der Waals surface area (Å²) in [5.74, 6) is -0.0923. The van der Waals surface area contributed by atoms with Gasteiger partial charge < -0.3 is 10.6 Å². The van der Waals surface area contributed by atoms with Gasteiger partial charge in [-0.2, -0.15) is 5.26 Å². The van der Waals surface area contributed by atoms with E-state index in [1.165, 1.54) is 0 Å². The lowest BCUT2D eigenvalue weighted by molar-refractivity contribution is 0.0955. The molecule has 4 nitrogen and oxygen atoms in total. The standard InChI is InChI=1S/C17H17N3O/c1-13-6-8-14(9-7-13)17(21)20-11-10-19-16-5-3-2-4-15(16)12-18/h2-9,19H,10-11H2,1H3,(H,20,21). The summed E-state index contributed by atoms with van der Waals surface area (Å²) < 4.78 is 0. The van der Waals surface area contributed by atoms with Crippen LogP contribution in [-0.2, 0) is 0 Å². The van der Waals surface area contributed by atoms with Crippen LogP contribution >= 0.6 is 0 Å². The average Bonchev–Trinajstić information content (AvgIpc) is 2.52. The smallest absolute Gasteiger partial charge is 0.251 e. The van der Waals surface area contributed by atoms with E-state index >= 15 is 0 Å². The van der Waals surface area contributed by atoms with Gasteiger partial charge in [-0.05, 0) is 31.2 Å². The van der Waals surface area contributed by atoms with Gasteiger partial charge in [0.05, 0.1) is 11.3 Å². The fraction of sp³-hybridized carbons (Fsp3) is 0.176. The van der Waals surface area contributed by atoms with Crippen molar-refractivity contribution in [2.45, 2.75) is 6.92 Å². The van der Waals surface area contributed by atoms with Crippen LogP contribution in [0.15, 0.2) is 48.5 Å². The Kier molecular flexibility index (Phi) is 4.94. The van der Waals surface area contributed by atoms with Crippen LogP contribution in [0.4, 0.5) is 5.69 Å². The predicted molar refractivity (Wildman–Crippen MR) is 83.2 cm³/mol. The third kappa shape index (κ3) is 4.08. The van der Waals surface area contributed by atoms with Crippen molar-refractivity contribution in [3.8, 4) is 6.07 Å². The molecule has 0 fully saturated rings. The number of nitriles is 1. The lowest BCUT2D eigenvalue weighted by Gasteiger charge is -2.09. The Balaban J connectivity index is 1.81. The van der Waals surface area contributed by atoms with Crippen molar-refractivity contribution in [2.75, 3.05) is 18.4 Å². The summed E-state index contributed by atoms with van der Waals surface area (Å²) >= 11 is 0. The minimum atomic E-state index is -0.0923. The number of nitrogens with zero attached hydrogens (tertiary/aromatic N) is 1. The molecule has 4 heteroatoms. The molecule has 21 heavy (non-hydrogen) atoms. The number of carbonyl (C=O) groups is 1. The van der Waals surface area contributed by atoms with E-state index in [0.717, 1.165) is 11.3 Å². The van der Waals surface area contributed by atoms with Gasteiger partial charge in [0.1, 0.15) is 6.07 Å². The van der Waals surface area contributed by atoms with Crippen molar-refractivity contribution in [1.82, 2.24) is 5.32 Å². The van der Waals surface area contributed by atoms with Gasteiger partial charge in [0, 0.05) is 18.7 Å². The van der Waals surface area contributed by atoms with Gasteiger partial charge in [0.25, 0.3) is 5.91 Å². The zero-order valence-corrected chi connectivity index (χ0v) is 11.9. The Hall–Kier alpha value is -2.80. The highest BCUT2D eigenvalue weighted by Gasteiger charge is 2.04. The molecule has 0 radical (unpaired) electrons. The number of amides is 1. The molecule has 0 aliphatic heterocycles. The van der Waals surface area contributed by atoms with Crippen LogP contribution in [-0.4, -0.2) is 19.0 Å². The van der Waals surface area contributed by atoms with Gasteiger partial charge >= 0.3 is 0 Å². The van der Waals surface area contributed by atoms with Crippen molar-refractivity contribution in [3.05, 3.63) is 65.2 Å². The zero-order chi connectivity index (χ0) is 15.1. The summed E-state index contributed by atoms with van der Waals surface area (Å²) in [5, 5.41) is 15.0. The third-order valence-corrected chi connectivity index (χ3v) is 3.09. The summed E-state index contributed by atoms with van der Waals surface area (Å²) in [6, 6.07) is 16.9. The normalized spacial score (nSPS) is 9.71. The van der Waals surface area contributed by atoms with E-state index in [1.54, 1.807) is 6.07 Å². The zero-order valence-electron chi connectivity index (χ0n) is 11.9. The van der Waals surface area contributed by atoms with Crippen LogP contribution in [0.2, 0.25) is 0 Å².